The van der Waals surface area contributed by atoms with Crippen LogP contribution in [0.25, 0.3) is 0 Å². The molecule has 0 saturated carbocycles. The lowest BCUT2D eigenvalue weighted by molar-refractivity contribution is 0.520. The quantitative estimate of drug-likeness (QED) is 0.856. The van der Waals surface area contributed by atoms with Gasteiger partial charge in [-0.3, -0.25) is 4.68 Å². The molecule has 0 unspecified atom stereocenters. The molecule has 5 nitrogen and oxygen atoms in total. The van der Waals surface area contributed by atoms with Gasteiger partial charge in [0, 0.05) is 25.2 Å². The van der Waals surface area contributed by atoms with E-state index in [9.17, 15) is 8.42 Å². The van der Waals surface area contributed by atoms with Crippen LogP contribution in [0.15, 0.2) is 28.7 Å². The van der Waals surface area contributed by atoms with Crippen LogP contribution in [0.3, 0.4) is 0 Å². The van der Waals surface area contributed by atoms with Gasteiger partial charge in [-0.25, -0.2) is 12.7 Å². The van der Waals surface area contributed by atoms with Crippen LogP contribution in [0.1, 0.15) is 10.4 Å². The van der Waals surface area contributed by atoms with E-state index in [0.29, 0.717) is 6.54 Å². The van der Waals surface area contributed by atoms with Gasteiger partial charge in [-0.15, -0.1) is 11.3 Å². The van der Waals surface area contributed by atoms with E-state index in [1.807, 2.05) is 6.92 Å². The molecule has 0 aromatic carbocycles. The van der Waals surface area contributed by atoms with E-state index in [1.54, 1.807) is 22.2 Å². The second-order valence-electron chi connectivity index (χ2n) is 4.23. The van der Waals surface area contributed by atoms with Crippen LogP contribution in [-0.4, -0.2) is 36.6 Å². The van der Waals surface area contributed by atoms with Gasteiger partial charge in [0.25, 0.3) is 0 Å². The Labute approximate surface area is 111 Å². The lowest BCUT2D eigenvalue weighted by Gasteiger charge is -2.08. The predicted octanol–water partition coefficient (Wildman–Crippen LogP) is 1.55. The first-order valence-electron chi connectivity index (χ1n) is 5.38. The molecule has 0 saturated heterocycles. The highest BCUT2D eigenvalue weighted by Crippen LogP contribution is 2.16. The van der Waals surface area contributed by atoms with Gasteiger partial charge < -0.3 is 0 Å². The Balaban J connectivity index is 2.21. The molecular formula is C11H15N3O2S2. The van der Waals surface area contributed by atoms with Gasteiger partial charge in [0.05, 0.1) is 12.7 Å². The molecule has 98 valence electrons. The molecule has 18 heavy (non-hydrogen) atoms. The topological polar surface area (TPSA) is 55.2 Å². The molecule has 2 rings (SSSR count). The highest BCUT2D eigenvalue weighted by atomic mass is 32.2. The predicted molar refractivity (Wildman–Crippen MR) is 71.3 cm³/mol. The molecule has 7 heteroatoms. The SMILES string of the molecule is Cc1cc(Cn2cc(S(=O)(=O)N(C)C)cn2)cs1. The fraction of sp³-hybridized carbons (Fsp3) is 0.364. The van der Waals surface area contributed by atoms with Crippen molar-refractivity contribution < 1.29 is 8.42 Å². The van der Waals surface area contributed by atoms with E-state index in [0.717, 1.165) is 5.56 Å². The highest BCUT2D eigenvalue weighted by molar-refractivity contribution is 7.89. The van der Waals surface area contributed by atoms with Crippen molar-refractivity contribution in [2.75, 3.05) is 14.1 Å². The molecule has 0 radical (unpaired) electrons. The molecule has 0 aliphatic rings. The van der Waals surface area contributed by atoms with Gasteiger partial charge in [-0.1, -0.05) is 0 Å². The molecular weight excluding hydrogens is 270 g/mol. The summed E-state index contributed by atoms with van der Waals surface area (Å²) < 4.78 is 26.6. The number of aryl methyl sites for hydroxylation is 1. The summed E-state index contributed by atoms with van der Waals surface area (Å²) in [6.45, 7) is 2.63. The zero-order valence-corrected chi connectivity index (χ0v) is 12.1. The molecule has 0 amide bonds. The van der Waals surface area contributed by atoms with E-state index >= 15 is 0 Å². The molecule has 2 aromatic heterocycles. The molecule has 0 aliphatic heterocycles. The summed E-state index contributed by atoms with van der Waals surface area (Å²) in [7, 11) is -0.373. The third-order valence-electron chi connectivity index (χ3n) is 2.52. The van der Waals surface area contributed by atoms with Crippen LogP contribution in [0.4, 0.5) is 0 Å². The van der Waals surface area contributed by atoms with Gasteiger partial charge in [-0.2, -0.15) is 5.10 Å². The number of hydrogen-bond acceptors (Lipinski definition) is 4. The van der Waals surface area contributed by atoms with Gasteiger partial charge in [0.15, 0.2) is 0 Å². The standard InChI is InChI=1S/C11H15N3O2S2/c1-9-4-10(8-17-9)6-14-7-11(5-12-14)18(15,16)13(2)3/h4-5,7-8H,6H2,1-3H3. The summed E-state index contributed by atoms with van der Waals surface area (Å²) in [5.41, 5.74) is 1.13. The van der Waals surface area contributed by atoms with Crippen LogP contribution < -0.4 is 0 Å². The molecule has 0 atom stereocenters. The minimum absolute atomic E-state index is 0.222. The number of nitrogens with zero attached hydrogens (tertiary/aromatic N) is 3. The minimum atomic E-state index is -3.39. The largest absolute Gasteiger partial charge is 0.267 e. The van der Waals surface area contributed by atoms with Crippen molar-refractivity contribution >= 4 is 21.4 Å². The molecule has 0 fully saturated rings. The third kappa shape index (κ3) is 2.63. The Morgan fingerprint density at radius 1 is 1.44 bits per heavy atom. The summed E-state index contributed by atoms with van der Waals surface area (Å²) in [6.07, 6.45) is 2.94. The van der Waals surface area contributed by atoms with E-state index in [2.05, 4.69) is 16.5 Å². The molecule has 0 bridgehead atoms. The molecule has 2 heterocycles. The number of thiophene rings is 1. The minimum Gasteiger partial charge on any atom is -0.267 e. The molecule has 0 N–H and O–H groups in total. The normalized spacial score (nSPS) is 12.2. The van der Waals surface area contributed by atoms with Crippen LogP contribution in [0, 0.1) is 6.92 Å². The molecule has 2 aromatic rings. The van der Waals surface area contributed by atoms with E-state index in [1.165, 1.54) is 29.5 Å². The third-order valence-corrected chi connectivity index (χ3v) is 5.20. The number of aromatic nitrogens is 2. The smallest absolute Gasteiger partial charge is 0.245 e. The number of rotatable bonds is 4. The summed E-state index contributed by atoms with van der Waals surface area (Å²) in [5, 5.41) is 6.14. The van der Waals surface area contributed by atoms with Gasteiger partial charge in [-0.05, 0) is 23.9 Å². The maximum absolute atomic E-state index is 11.9. The van der Waals surface area contributed by atoms with E-state index in [-0.39, 0.29) is 4.90 Å². The Morgan fingerprint density at radius 3 is 2.72 bits per heavy atom. The second-order valence-corrected chi connectivity index (χ2v) is 7.49. The number of hydrogen-bond donors (Lipinski definition) is 0. The maximum atomic E-state index is 11.9. The first-order valence-corrected chi connectivity index (χ1v) is 7.70. The van der Waals surface area contributed by atoms with Crippen LogP contribution in [0.2, 0.25) is 0 Å². The van der Waals surface area contributed by atoms with Crippen molar-refractivity contribution in [3.05, 3.63) is 34.3 Å². The first-order chi connectivity index (χ1) is 8.39. The van der Waals surface area contributed by atoms with Crippen LogP contribution in [-0.2, 0) is 16.6 Å². The lowest BCUT2D eigenvalue weighted by Crippen LogP contribution is -2.21. The monoisotopic (exact) mass is 285 g/mol. The average molecular weight is 285 g/mol. The zero-order chi connectivity index (χ0) is 13.3. The first kappa shape index (κ1) is 13.3. The Morgan fingerprint density at radius 2 is 2.17 bits per heavy atom. The van der Waals surface area contributed by atoms with E-state index in [4.69, 9.17) is 0 Å². The van der Waals surface area contributed by atoms with Gasteiger partial charge >= 0.3 is 0 Å². The molecule has 0 spiro atoms. The van der Waals surface area contributed by atoms with Crippen molar-refractivity contribution in [1.82, 2.24) is 14.1 Å². The zero-order valence-electron chi connectivity index (χ0n) is 10.5. The number of sulfonamides is 1. The highest BCUT2D eigenvalue weighted by Gasteiger charge is 2.19. The summed E-state index contributed by atoms with van der Waals surface area (Å²) >= 11 is 1.67. The summed E-state index contributed by atoms with van der Waals surface area (Å²) in [6, 6.07) is 2.08. The Kier molecular flexibility index (Phi) is 3.56. The van der Waals surface area contributed by atoms with Crippen molar-refractivity contribution in [3.8, 4) is 0 Å². The van der Waals surface area contributed by atoms with Crippen molar-refractivity contribution in [2.45, 2.75) is 18.4 Å². The maximum Gasteiger partial charge on any atom is 0.245 e. The Bertz CT molecular complexity index is 641. The molecule has 0 aliphatic carbocycles. The lowest BCUT2D eigenvalue weighted by atomic mass is 10.3. The van der Waals surface area contributed by atoms with E-state index < -0.39 is 10.0 Å². The van der Waals surface area contributed by atoms with Crippen molar-refractivity contribution in [3.63, 3.8) is 0 Å². The summed E-state index contributed by atoms with van der Waals surface area (Å²) in [4.78, 5) is 1.46. The van der Waals surface area contributed by atoms with Crippen LogP contribution in [0.5, 0.6) is 0 Å². The van der Waals surface area contributed by atoms with Crippen LogP contribution >= 0.6 is 11.3 Å². The van der Waals surface area contributed by atoms with Crippen molar-refractivity contribution in [2.24, 2.45) is 0 Å². The fourth-order valence-corrected chi connectivity index (χ4v) is 3.10. The Hall–Kier alpha value is -1.18. The van der Waals surface area contributed by atoms with Crippen molar-refractivity contribution in [1.29, 1.82) is 0 Å². The van der Waals surface area contributed by atoms with Gasteiger partial charge in [0.1, 0.15) is 4.90 Å². The summed E-state index contributed by atoms with van der Waals surface area (Å²) in [5.74, 6) is 0. The average Bonchev–Trinajstić information content (AvgIpc) is 2.88. The van der Waals surface area contributed by atoms with Gasteiger partial charge in [0.2, 0.25) is 10.0 Å². The second kappa shape index (κ2) is 4.83. The fourth-order valence-electron chi connectivity index (χ4n) is 1.54.